The Morgan fingerprint density at radius 2 is 1.96 bits per heavy atom. The van der Waals surface area contributed by atoms with Crippen LogP contribution in [-0.2, 0) is 11.2 Å². The number of carbonyl (C=O) groups is 1. The Morgan fingerprint density at radius 3 is 2.74 bits per heavy atom. The highest BCUT2D eigenvalue weighted by Crippen LogP contribution is 2.49. The molecule has 3 aromatic rings. The number of amides is 1. The van der Waals surface area contributed by atoms with Crippen LogP contribution in [0.25, 0.3) is 0 Å². The van der Waals surface area contributed by atoms with E-state index in [-0.39, 0.29) is 17.7 Å². The fraction of sp³-hybridized carbons (Fsp3) is 0.182. The number of benzene rings is 2. The van der Waals surface area contributed by atoms with E-state index in [9.17, 15) is 13.6 Å². The lowest BCUT2D eigenvalue weighted by Gasteiger charge is -2.11. The lowest BCUT2D eigenvalue weighted by Crippen LogP contribution is -2.16. The molecule has 0 unspecified atom stereocenters. The standard InChI is InChI=1S/C22H18F2N2O/c23-16-7-8-17(20(24)11-16)18-12-19(18)22(27)26-21-6-2-1-5-15(21)10-14-4-3-9-25-13-14/h1-9,11,13,18-19H,10,12H2,(H,26,27)/t18-,19-/m0/s1. The first-order chi connectivity index (χ1) is 13.1. The van der Waals surface area contributed by atoms with Gasteiger partial charge >= 0.3 is 0 Å². The highest BCUT2D eigenvalue weighted by atomic mass is 19.1. The summed E-state index contributed by atoms with van der Waals surface area (Å²) >= 11 is 0. The molecule has 0 saturated heterocycles. The quantitative estimate of drug-likeness (QED) is 0.713. The summed E-state index contributed by atoms with van der Waals surface area (Å²) in [5.74, 6) is -1.83. The molecule has 1 amide bonds. The zero-order valence-electron chi connectivity index (χ0n) is 14.5. The van der Waals surface area contributed by atoms with E-state index in [0.717, 1.165) is 22.9 Å². The molecule has 1 heterocycles. The minimum absolute atomic E-state index is 0.137. The van der Waals surface area contributed by atoms with Crippen LogP contribution >= 0.6 is 0 Å². The molecule has 2 atom stereocenters. The lowest BCUT2D eigenvalue weighted by molar-refractivity contribution is -0.117. The molecule has 1 aliphatic rings. The fourth-order valence-corrected chi connectivity index (χ4v) is 3.38. The van der Waals surface area contributed by atoms with Crippen molar-refractivity contribution < 1.29 is 13.6 Å². The summed E-state index contributed by atoms with van der Waals surface area (Å²) in [6.45, 7) is 0. The molecular formula is C22H18F2N2O. The van der Waals surface area contributed by atoms with Crippen molar-refractivity contribution in [3.05, 3.63) is 95.3 Å². The Hall–Kier alpha value is -3.08. The van der Waals surface area contributed by atoms with Gasteiger partial charge in [-0.3, -0.25) is 9.78 Å². The molecule has 136 valence electrons. The zero-order valence-corrected chi connectivity index (χ0v) is 14.5. The monoisotopic (exact) mass is 364 g/mol. The average Bonchev–Trinajstić information content (AvgIpc) is 3.45. The minimum Gasteiger partial charge on any atom is -0.326 e. The maximum absolute atomic E-state index is 13.9. The lowest BCUT2D eigenvalue weighted by atomic mass is 10.0. The maximum atomic E-state index is 13.9. The molecule has 1 aliphatic carbocycles. The van der Waals surface area contributed by atoms with E-state index >= 15 is 0 Å². The van der Waals surface area contributed by atoms with Gasteiger partial charge in [0.2, 0.25) is 5.91 Å². The van der Waals surface area contributed by atoms with Crippen LogP contribution in [0.5, 0.6) is 0 Å². The van der Waals surface area contributed by atoms with Gasteiger partial charge in [-0.05, 0) is 47.2 Å². The van der Waals surface area contributed by atoms with Crippen molar-refractivity contribution in [2.45, 2.75) is 18.8 Å². The van der Waals surface area contributed by atoms with Gasteiger partial charge in [-0.15, -0.1) is 0 Å². The molecule has 0 aliphatic heterocycles. The maximum Gasteiger partial charge on any atom is 0.228 e. The normalized spacial score (nSPS) is 18.1. The first kappa shape index (κ1) is 17.3. The van der Waals surface area contributed by atoms with Crippen molar-refractivity contribution in [3.63, 3.8) is 0 Å². The molecule has 0 spiro atoms. The van der Waals surface area contributed by atoms with Crippen LogP contribution in [0.15, 0.2) is 67.0 Å². The third-order valence-corrected chi connectivity index (χ3v) is 4.88. The number of hydrogen-bond acceptors (Lipinski definition) is 2. The van der Waals surface area contributed by atoms with Gasteiger partial charge in [-0.2, -0.15) is 0 Å². The van der Waals surface area contributed by atoms with E-state index in [2.05, 4.69) is 10.3 Å². The van der Waals surface area contributed by atoms with Gasteiger partial charge in [0.15, 0.2) is 0 Å². The second-order valence-electron chi connectivity index (χ2n) is 6.80. The fourth-order valence-electron chi connectivity index (χ4n) is 3.38. The number of pyridine rings is 1. The van der Waals surface area contributed by atoms with Crippen molar-refractivity contribution in [2.24, 2.45) is 5.92 Å². The van der Waals surface area contributed by atoms with Crippen LogP contribution < -0.4 is 5.32 Å². The number of aromatic nitrogens is 1. The minimum atomic E-state index is -0.609. The Balaban J connectivity index is 1.46. The molecule has 0 bridgehead atoms. The number of nitrogens with zero attached hydrogens (tertiary/aromatic N) is 1. The number of halogens is 2. The van der Waals surface area contributed by atoms with E-state index in [4.69, 9.17) is 0 Å². The van der Waals surface area contributed by atoms with Crippen molar-refractivity contribution in [1.29, 1.82) is 0 Å². The van der Waals surface area contributed by atoms with Crippen LogP contribution in [0, 0.1) is 17.6 Å². The first-order valence-electron chi connectivity index (χ1n) is 8.84. The van der Waals surface area contributed by atoms with Gasteiger partial charge in [0.05, 0.1) is 0 Å². The number of nitrogens with one attached hydrogen (secondary N) is 1. The molecule has 1 saturated carbocycles. The molecule has 0 radical (unpaired) electrons. The Labute approximate surface area is 156 Å². The van der Waals surface area contributed by atoms with Crippen LogP contribution in [0.2, 0.25) is 0 Å². The van der Waals surface area contributed by atoms with E-state index < -0.39 is 11.6 Å². The summed E-state index contributed by atoms with van der Waals surface area (Å²) in [6.07, 6.45) is 4.75. The number of anilines is 1. The molecule has 2 aromatic carbocycles. The summed E-state index contributed by atoms with van der Waals surface area (Å²) in [7, 11) is 0. The van der Waals surface area contributed by atoms with Gasteiger partial charge in [0, 0.05) is 36.5 Å². The van der Waals surface area contributed by atoms with Crippen molar-refractivity contribution in [1.82, 2.24) is 4.98 Å². The number of rotatable bonds is 5. The van der Waals surface area contributed by atoms with Gasteiger partial charge in [0.25, 0.3) is 0 Å². The second kappa shape index (κ2) is 7.27. The van der Waals surface area contributed by atoms with Gasteiger partial charge in [-0.1, -0.05) is 30.3 Å². The van der Waals surface area contributed by atoms with E-state index in [0.29, 0.717) is 18.4 Å². The van der Waals surface area contributed by atoms with Gasteiger partial charge in [0.1, 0.15) is 11.6 Å². The molecule has 4 rings (SSSR count). The third kappa shape index (κ3) is 3.87. The summed E-state index contributed by atoms with van der Waals surface area (Å²) in [5.41, 5.74) is 3.19. The Morgan fingerprint density at radius 1 is 1.11 bits per heavy atom. The Kier molecular flexibility index (Phi) is 4.67. The molecule has 5 heteroatoms. The SMILES string of the molecule is O=C(Nc1ccccc1Cc1cccnc1)[C@H]1C[C@H]1c1ccc(F)cc1F. The second-order valence-corrected chi connectivity index (χ2v) is 6.80. The number of hydrogen-bond donors (Lipinski definition) is 1. The number of para-hydroxylation sites is 1. The third-order valence-electron chi connectivity index (χ3n) is 4.88. The predicted octanol–water partition coefficient (Wildman–Crippen LogP) is 4.69. The van der Waals surface area contributed by atoms with E-state index in [1.54, 1.807) is 12.4 Å². The van der Waals surface area contributed by atoms with Crippen LogP contribution in [0.3, 0.4) is 0 Å². The van der Waals surface area contributed by atoms with E-state index in [1.807, 2.05) is 36.4 Å². The molecule has 27 heavy (non-hydrogen) atoms. The summed E-state index contributed by atoms with van der Waals surface area (Å²) in [5, 5.41) is 2.97. The largest absolute Gasteiger partial charge is 0.326 e. The van der Waals surface area contributed by atoms with Gasteiger partial charge in [-0.25, -0.2) is 8.78 Å². The van der Waals surface area contributed by atoms with Crippen LogP contribution in [-0.4, -0.2) is 10.9 Å². The highest BCUT2D eigenvalue weighted by Gasteiger charge is 2.45. The topological polar surface area (TPSA) is 42.0 Å². The van der Waals surface area contributed by atoms with Crippen molar-refractivity contribution >= 4 is 11.6 Å². The Bertz CT molecular complexity index is 975. The van der Waals surface area contributed by atoms with Crippen LogP contribution in [0.1, 0.15) is 29.0 Å². The average molecular weight is 364 g/mol. The molecule has 1 fully saturated rings. The van der Waals surface area contributed by atoms with Gasteiger partial charge < -0.3 is 5.32 Å². The first-order valence-corrected chi connectivity index (χ1v) is 8.84. The van der Waals surface area contributed by atoms with Crippen molar-refractivity contribution in [3.8, 4) is 0 Å². The molecule has 3 nitrogen and oxygen atoms in total. The number of carbonyl (C=O) groups excluding carboxylic acids is 1. The summed E-state index contributed by atoms with van der Waals surface area (Å²) < 4.78 is 27.0. The highest BCUT2D eigenvalue weighted by molar-refractivity contribution is 5.95. The van der Waals surface area contributed by atoms with Crippen molar-refractivity contribution in [2.75, 3.05) is 5.32 Å². The molecular weight excluding hydrogens is 346 g/mol. The van der Waals surface area contributed by atoms with Crippen LogP contribution in [0.4, 0.5) is 14.5 Å². The molecule has 1 N–H and O–H groups in total. The smallest absolute Gasteiger partial charge is 0.228 e. The zero-order chi connectivity index (χ0) is 18.8. The predicted molar refractivity (Wildman–Crippen MR) is 99.3 cm³/mol. The summed E-state index contributed by atoms with van der Waals surface area (Å²) in [6, 6.07) is 15.0. The molecule has 1 aromatic heterocycles. The van der Waals surface area contributed by atoms with E-state index in [1.165, 1.54) is 12.1 Å². The summed E-state index contributed by atoms with van der Waals surface area (Å²) in [4.78, 5) is 16.7.